The fraction of sp³-hybridized carbons (Fsp3) is 0.583. The molecule has 3 N–H and O–H groups in total. The van der Waals surface area contributed by atoms with Gasteiger partial charge in [-0.2, -0.15) is 5.26 Å². The molecule has 33 heavy (non-hydrogen) atoms. The number of aryl methyl sites for hydroxylation is 2. The summed E-state index contributed by atoms with van der Waals surface area (Å²) in [6.45, 7) is 13.0. The number of carbonyl (C=O) groups is 3. The van der Waals surface area contributed by atoms with Gasteiger partial charge >= 0.3 is 6.09 Å². The summed E-state index contributed by atoms with van der Waals surface area (Å²) < 4.78 is 5.17. The molecule has 0 aromatic heterocycles. The van der Waals surface area contributed by atoms with Gasteiger partial charge in [0.1, 0.15) is 24.2 Å². The Hall–Kier alpha value is -3.12. The maximum Gasteiger partial charge on any atom is 0.408 e. The maximum atomic E-state index is 13.4. The van der Waals surface area contributed by atoms with Crippen LogP contribution in [0.1, 0.15) is 64.3 Å². The third-order valence-electron chi connectivity index (χ3n) is 4.47. The number of nitriles is 1. The van der Waals surface area contributed by atoms with Crippen molar-refractivity contribution in [2.24, 2.45) is 0 Å². The monoisotopic (exact) mass is 460 g/mol. The van der Waals surface area contributed by atoms with Crippen LogP contribution in [0.2, 0.25) is 0 Å². The van der Waals surface area contributed by atoms with Gasteiger partial charge in [-0.15, -0.1) is 0 Å². The lowest BCUT2D eigenvalue weighted by molar-refractivity contribution is -0.143. The number of nitrogens with one attached hydrogen (secondary N) is 2. The van der Waals surface area contributed by atoms with E-state index in [4.69, 9.17) is 4.74 Å². The first kappa shape index (κ1) is 27.9. The normalized spacial score (nSPS) is 13.3. The van der Waals surface area contributed by atoms with Crippen molar-refractivity contribution in [3.8, 4) is 6.07 Å². The van der Waals surface area contributed by atoms with Crippen molar-refractivity contribution in [1.82, 2.24) is 15.5 Å². The third kappa shape index (κ3) is 8.73. The summed E-state index contributed by atoms with van der Waals surface area (Å²) in [6, 6.07) is 4.81. The molecule has 1 aromatic rings. The number of ether oxygens (including phenoxy) is 1. The van der Waals surface area contributed by atoms with Crippen molar-refractivity contribution in [2.45, 2.75) is 78.6 Å². The number of benzene rings is 1. The predicted molar refractivity (Wildman–Crippen MR) is 124 cm³/mol. The highest BCUT2D eigenvalue weighted by Gasteiger charge is 2.37. The van der Waals surface area contributed by atoms with Crippen LogP contribution in [0.25, 0.3) is 0 Å². The zero-order valence-electron chi connectivity index (χ0n) is 20.8. The van der Waals surface area contributed by atoms with Gasteiger partial charge in [-0.25, -0.2) is 4.79 Å². The second-order valence-corrected chi connectivity index (χ2v) is 10.0. The lowest BCUT2D eigenvalue weighted by Crippen LogP contribution is -2.55. The van der Waals surface area contributed by atoms with Crippen LogP contribution in [0.4, 0.5) is 4.79 Å². The molecular weight excluding hydrogens is 424 g/mol. The summed E-state index contributed by atoms with van der Waals surface area (Å²) in [5.74, 6) is -1.26. The lowest BCUT2D eigenvalue weighted by Gasteiger charge is -2.35. The molecule has 1 rings (SSSR count). The summed E-state index contributed by atoms with van der Waals surface area (Å²) in [4.78, 5) is 40.0. The maximum absolute atomic E-state index is 13.4. The molecule has 9 heteroatoms. The van der Waals surface area contributed by atoms with Gasteiger partial charge in [0.25, 0.3) is 0 Å². The van der Waals surface area contributed by atoms with Crippen LogP contribution in [0.15, 0.2) is 18.2 Å². The highest BCUT2D eigenvalue weighted by Crippen LogP contribution is 2.27. The minimum Gasteiger partial charge on any atom is -0.444 e. The van der Waals surface area contributed by atoms with Crippen LogP contribution in [0.3, 0.4) is 0 Å². The molecule has 0 radical (unpaired) electrons. The number of carbonyl (C=O) groups excluding carboxylic acids is 3. The molecule has 0 aliphatic heterocycles. The number of aliphatic hydroxyl groups is 1. The van der Waals surface area contributed by atoms with E-state index >= 15 is 0 Å². The molecule has 0 aliphatic carbocycles. The molecule has 182 valence electrons. The molecule has 0 fully saturated rings. The molecular formula is C24H36N4O5. The molecule has 0 bridgehead atoms. The zero-order chi connectivity index (χ0) is 25.6. The van der Waals surface area contributed by atoms with E-state index in [1.54, 1.807) is 47.6 Å². The smallest absolute Gasteiger partial charge is 0.408 e. The van der Waals surface area contributed by atoms with Gasteiger partial charge in [0, 0.05) is 5.54 Å². The summed E-state index contributed by atoms with van der Waals surface area (Å²) in [7, 11) is 0. The predicted octanol–water partition coefficient (Wildman–Crippen LogP) is 2.50. The van der Waals surface area contributed by atoms with Gasteiger partial charge in [0.05, 0.1) is 12.7 Å². The minimum atomic E-state index is -1.40. The Morgan fingerprint density at radius 3 is 2.21 bits per heavy atom. The van der Waals surface area contributed by atoms with Crippen molar-refractivity contribution >= 4 is 17.9 Å². The number of rotatable bonds is 7. The second kappa shape index (κ2) is 11.1. The van der Waals surface area contributed by atoms with E-state index in [0.29, 0.717) is 5.56 Å². The Labute approximate surface area is 196 Å². The molecule has 0 spiro atoms. The van der Waals surface area contributed by atoms with Gasteiger partial charge < -0.3 is 25.4 Å². The Morgan fingerprint density at radius 1 is 1.15 bits per heavy atom. The molecule has 3 amide bonds. The van der Waals surface area contributed by atoms with Crippen LogP contribution >= 0.6 is 0 Å². The van der Waals surface area contributed by atoms with Gasteiger partial charge in [-0.3, -0.25) is 9.59 Å². The van der Waals surface area contributed by atoms with Crippen molar-refractivity contribution < 1.29 is 24.2 Å². The average Bonchev–Trinajstić information content (AvgIpc) is 2.63. The molecule has 9 nitrogen and oxygen atoms in total. The summed E-state index contributed by atoms with van der Waals surface area (Å²) in [5.41, 5.74) is 0.873. The summed E-state index contributed by atoms with van der Waals surface area (Å²) in [6.07, 6.45) is -0.894. The Morgan fingerprint density at radius 2 is 1.76 bits per heavy atom. The zero-order valence-corrected chi connectivity index (χ0v) is 20.8. The third-order valence-corrected chi connectivity index (χ3v) is 4.47. The number of hydrogen-bond acceptors (Lipinski definition) is 6. The van der Waals surface area contributed by atoms with E-state index in [1.807, 2.05) is 32.0 Å². The van der Waals surface area contributed by atoms with Crippen LogP contribution in [-0.2, 0) is 14.3 Å². The summed E-state index contributed by atoms with van der Waals surface area (Å²) in [5, 5.41) is 24.5. The SMILES string of the molecule is Cc1ccc(C(C(=O)NC(C)(C)C)N(CC#N)C(=O)C(CO)NC(=O)OC(C)(C)C)c(C)c1. The van der Waals surface area contributed by atoms with Crippen molar-refractivity contribution in [3.63, 3.8) is 0 Å². The highest BCUT2D eigenvalue weighted by molar-refractivity contribution is 5.92. The Bertz CT molecular complexity index is 909. The Balaban J connectivity index is 3.44. The van der Waals surface area contributed by atoms with Gasteiger partial charge in [0.15, 0.2) is 0 Å². The first-order valence-electron chi connectivity index (χ1n) is 10.8. The minimum absolute atomic E-state index is 0.430. The molecule has 2 atom stereocenters. The first-order valence-corrected chi connectivity index (χ1v) is 10.8. The molecule has 2 unspecified atom stereocenters. The topological polar surface area (TPSA) is 132 Å². The van der Waals surface area contributed by atoms with Crippen molar-refractivity contribution in [3.05, 3.63) is 34.9 Å². The fourth-order valence-electron chi connectivity index (χ4n) is 3.23. The second-order valence-electron chi connectivity index (χ2n) is 10.0. The Kier molecular flexibility index (Phi) is 9.43. The van der Waals surface area contributed by atoms with E-state index in [0.717, 1.165) is 16.0 Å². The average molecular weight is 461 g/mol. The standard InChI is InChI=1S/C24H36N4O5/c1-15-9-10-17(16(2)13-15)19(20(30)27-23(3,4)5)28(12-11-25)21(31)18(14-29)26-22(32)33-24(6,7)8/h9-10,13,18-19,29H,12,14H2,1-8H3,(H,26,32)(H,27,30). The fourth-order valence-corrected chi connectivity index (χ4v) is 3.23. The van der Waals surface area contributed by atoms with Crippen molar-refractivity contribution in [2.75, 3.05) is 13.2 Å². The van der Waals surface area contributed by atoms with Gasteiger partial charge in [-0.1, -0.05) is 23.8 Å². The molecule has 0 aliphatic rings. The van der Waals surface area contributed by atoms with Crippen LogP contribution in [0, 0.1) is 25.2 Å². The lowest BCUT2D eigenvalue weighted by atomic mass is 9.95. The van der Waals surface area contributed by atoms with E-state index in [2.05, 4.69) is 10.6 Å². The highest BCUT2D eigenvalue weighted by atomic mass is 16.6. The largest absolute Gasteiger partial charge is 0.444 e. The summed E-state index contributed by atoms with van der Waals surface area (Å²) >= 11 is 0. The van der Waals surface area contributed by atoms with E-state index in [9.17, 15) is 24.8 Å². The first-order chi connectivity index (χ1) is 15.1. The van der Waals surface area contributed by atoms with Crippen LogP contribution in [0.5, 0.6) is 0 Å². The van der Waals surface area contributed by atoms with Crippen LogP contribution in [-0.4, -0.2) is 58.2 Å². The number of amides is 3. The quantitative estimate of drug-likeness (QED) is 0.536. The van der Waals surface area contributed by atoms with Crippen molar-refractivity contribution in [1.29, 1.82) is 5.26 Å². The molecule has 0 saturated carbocycles. The van der Waals surface area contributed by atoms with E-state index in [1.165, 1.54) is 0 Å². The number of hydrogen-bond donors (Lipinski definition) is 3. The molecule has 0 heterocycles. The molecule has 0 saturated heterocycles. The number of nitrogens with zero attached hydrogens (tertiary/aromatic N) is 2. The van der Waals surface area contributed by atoms with E-state index < -0.39 is 54.3 Å². The van der Waals surface area contributed by atoms with Crippen LogP contribution < -0.4 is 10.6 Å². The molecule has 1 aromatic carbocycles. The van der Waals surface area contributed by atoms with E-state index in [-0.39, 0.29) is 0 Å². The van der Waals surface area contributed by atoms with Gasteiger partial charge in [0.2, 0.25) is 11.8 Å². The number of aliphatic hydroxyl groups excluding tert-OH is 1. The van der Waals surface area contributed by atoms with Gasteiger partial charge in [-0.05, 0) is 66.5 Å². The number of alkyl carbamates (subject to hydrolysis) is 1.